The van der Waals surface area contributed by atoms with Crippen LogP contribution in [-0.4, -0.2) is 11.5 Å². The van der Waals surface area contributed by atoms with Crippen LogP contribution in [0.25, 0.3) is 0 Å². The number of rotatable bonds is 6. The summed E-state index contributed by atoms with van der Waals surface area (Å²) in [7, 11) is 0. The number of benzene rings is 1. The molecule has 0 aliphatic rings. The average Bonchev–Trinajstić information content (AvgIpc) is 2.37. The normalized spacial score (nSPS) is 11.7. The molecule has 1 rings (SSSR count). The zero-order valence-corrected chi connectivity index (χ0v) is 11.9. The van der Waals surface area contributed by atoms with Crippen LogP contribution in [-0.2, 0) is 4.79 Å². The Balaban J connectivity index is 2.87. The number of hydrogen-bond acceptors (Lipinski definition) is 2. The van der Waals surface area contributed by atoms with Gasteiger partial charge in [-0.25, -0.2) is 0 Å². The molecule has 0 aliphatic carbocycles. The van der Waals surface area contributed by atoms with Crippen molar-refractivity contribution in [2.24, 2.45) is 4.99 Å². The SMILES string of the molecule is CCC(=O)CC/C(CC)=N/c1c(C)cccc1C. The van der Waals surface area contributed by atoms with Crippen LogP contribution < -0.4 is 0 Å². The van der Waals surface area contributed by atoms with Crippen molar-refractivity contribution in [1.82, 2.24) is 0 Å². The average molecular weight is 245 g/mol. The van der Waals surface area contributed by atoms with Crippen molar-refractivity contribution in [2.45, 2.75) is 53.4 Å². The fourth-order valence-electron chi connectivity index (χ4n) is 1.91. The van der Waals surface area contributed by atoms with Crippen LogP contribution in [0.1, 0.15) is 50.7 Å². The highest BCUT2D eigenvalue weighted by Crippen LogP contribution is 2.24. The van der Waals surface area contributed by atoms with Crippen molar-refractivity contribution < 1.29 is 4.79 Å². The Morgan fingerprint density at radius 1 is 1.06 bits per heavy atom. The van der Waals surface area contributed by atoms with E-state index < -0.39 is 0 Å². The molecule has 0 aliphatic heterocycles. The summed E-state index contributed by atoms with van der Waals surface area (Å²) < 4.78 is 0. The first-order chi connectivity index (χ1) is 8.58. The Bertz CT molecular complexity index is 426. The molecule has 0 spiro atoms. The lowest BCUT2D eigenvalue weighted by Gasteiger charge is -2.08. The standard InChI is InChI=1S/C16H23NO/c1-5-14(10-11-15(18)6-2)17-16-12(3)8-7-9-13(16)4/h7-9H,5-6,10-11H2,1-4H3/b17-14+. The van der Waals surface area contributed by atoms with E-state index in [1.165, 1.54) is 11.1 Å². The Kier molecular flexibility index (Phi) is 5.76. The first kappa shape index (κ1) is 14.6. The van der Waals surface area contributed by atoms with Crippen LogP contribution in [0, 0.1) is 13.8 Å². The number of para-hydroxylation sites is 1. The van der Waals surface area contributed by atoms with E-state index in [-0.39, 0.29) is 0 Å². The van der Waals surface area contributed by atoms with Gasteiger partial charge in [-0.1, -0.05) is 32.0 Å². The Hall–Kier alpha value is -1.44. The minimum atomic E-state index is 0.317. The highest BCUT2D eigenvalue weighted by molar-refractivity contribution is 5.91. The number of carbonyl (C=O) groups excluding carboxylic acids is 1. The van der Waals surface area contributed by atoms with Crippen LogP contribution in [0.2, 0.25) is 0 Å². The molecule has 0 radical (unpaired) electrons. The smallest absolute Gasteiger partial charge is 0.133 e. The lowest BCUT2D eigenvalue weighted by Crippen LogP contribution is -2.02. The molecular weight excluding hydrogens is 222 g/mol. The molecule has 0 N–H and O–H groups in total. The lowest BCUT2D eigenvalue weighted by molar-refractivity contribution is -0.118. The fourth-order valence-corrected chi connectivity index (χ4v) is 1.91. The summed E-state index contributed by atoms with van der Waals surface area (Å²) in [5.74, 6) is 0.317. The minimum absolute atomic E-state index is 0.317. The lowest BCUT2D eigenvalue weighted by atomic mass is 10.1. The van der Waals surface area contributed by atoms with Gasteiger partial charge in [-0.05, 0) is 37.8 Å². The zero-order chi connectivity index (χ0) is 13.5. The maximum absolute atomic E-state index is 11.4. The summed E-state index contributed by atoms with van der Waals surface area (Å²) in [6.07, 6.45) is 2.94. The first-order valence-electron chi connectivity index (χ1n) is 6.72. The number of aliphatic imine (C=N–C) groups is 1. The second kappa shape index (κ2) is 7.10. The maximum atomic E-state index is 11.4. The molecule has 0 heterocycles. The van der Waals surface area contributed by atoms with Gasteiger partial charge in [0.1, 0.15) is 5.78 Å². The van der Waals surface area contributed by atoms with E-state index in [2.05, 4.69) is 39.0 Å². The van der Waals surface area contributed by atoms with Gasteiger partial charge < -0.3 is 0 Å². The predicted octanol–water partition coefficient (Wildman–Crippen LogP) is 4.55. The fraction of sp³-hybridized carbons (Fsp3) is 0.500. The van der Waals surface area contributed by atoms with Crippen LogP contribution in [0.3, 0.4) is 0 Å². The number of carbonyl (C=O) groups is 1. The third kappa shape index (κ3) is 4.10. The maximum Gasteiger partial charge on any atom is 0.133 e. The highest BCUT2D eigenvalue weighted by Gasteiger charge is 2.05. The molecule has 1 aromatic carbocycles. The van der Waals surface area contributed by atoms with Crippen LogP contribution in [0.4, 0.5) is 5.69 Å². The number of aryl methyl sites for hydroxylation is 2. The van der Waals surface area contributed by atoms with Crippen LogP contribution in [0.5, 0.6) is 0 Å². The molecular formula is C16H23NO. The highest BCUT2D eigenvalue weighted by atomic mass is 16.1. The predicted molar refractivity (Wildman–Crippen MR) is 77.8 cm³/mol. The molecule has 0 saturated heterocycles. The summed E-state index contributed by atoms with van der Waals surface area (Å²) in [5.41, 5.74) is 4.58. The molecule has 0 fully saturated rings. The quantitative estimate of drug-likeness (QED) is 0.676. The molecule has 0 amide bonds. The molecule has 0 saturated carbocycles. The van der Waals surface area contributed by atoms with E-state index in [0.29, 0.717) is 18.6 Å². The Morgan fingerprint density at radius 2 is 1.67 bits per heavy atom. The topological polar surface area (TPSA) is 29.4 Å². The summed E-state index contributed by atoms with van der Waals surface area (Å²) >= 11 is 0. The van der Waals surface area contributed by atoms with Gasteiger partial charge in [0.2, 0.25) is 0 Å². The summed E-state index contributed by atoms with van der Waals surface area (Å²) in [5, 5.41) is 0. The summed E-state index contributed by atoms with van der Waals surface area (Å²) in [6, 6.07) is 6.21. The van der Waals surface area contributed by atoms with Gasteiger partial charge in [-0.15, -0.1) is 0 Å². The van der Waals surface area contributed by atoms with Crippen molar-refractivity contribution in [3.63, 3.8) is 0 Å². The third-order valence-electron chi connectivity index (χ3n) is 3.20. The van der Waals surface area contributed by atoms with Gasteiger partial charge in [0, 0.05) is 18.6 Å². The molecule has 2 heteroatoms. The number of hydrogen-bond donors (Lipinski definition) is 0. The molecule has 0 atom stereocenters. The number of ketones is 1. The van der Waals surface area contributed by atoms with E-state index in [9.17, 15) is 4.79 Å². The second-order valence-corrected chi connectivity index (χ2v) is 4.66. The molecule has 0 aromatic heterocycles. The van der Waals surface area contributed by atoms with E-state index in [4.69, 9.17) is 4.99 Å². The number of Topliss-reactive ketones (excluding diaryl/α,β-unsaturated/α-hetero) is 1. The van der Waals surface area contributed by atoms with Gasteiger partial charge in [-0.3, -0.25) is 9.79 Å². The minimum Gasteiger partial charge on any atom is -0.300 e. The first-order valence-corrected chi connectivity index (χ1v) is 6.72. The molecule has 1 aromatic rings. The third-order valence-corrected chi connectivity index (χ3v) is 3.20. The van der Waals surface area contributed by atoms with E-state index >= 15 is 0 Å². The molecule has 98 valence electrons. The van der Waals surface area contributed by atoms with Gasteiger partial charge in [0.25, 0.3) is 0 Å². The number of nitrogens with zero attached hydrogens (tertiary/aromatic N) is 1. The van der Waals surface area contributed by atoms with E-state index in [1.807, 2.05) is 6.92 Å². The zero-order valence-electron chi connectivity index (χ0n) is 11.9. The van der Waals surface area contributed by atoms with Crippen LogP contribution in [0.15, 0.2) is 23.2 Å². The Morgan fingerprint density at radius 3 is 2.17 bits per heavy atom. The van der Waals surface area contributed by atoms with Gasteiger partial charge in [-0.2, -0.15) is 0 Å². The largest absolute Gasteiger partial charge is 0.300 e. The Labute approximate surface area is 110 Å². The second-order valence-electron chi connectivity index (χ2n) is 4.66. The van der Waals surface area contributed by atoms with Crippen molar-refractivity contribution in [3.05, 3.63) is 29.3 Å². The summed E-state index contributed by atoms with van der Waals surface area (Å²) in [4.78, 5) is 16.1. The summed E-state index contributed by atoms with van der Waals surface area (Å²) in [6.45, 7) is 8.17. The van der Waals surface area contributed by atoms with Crippen molar-refractivity contribution in [1.29, 1.82) is 0 Å². The van der Waals surface area contributed by atoms with E-state index in [1.54, 1.807) is 0 Å². The van der Waals surface area contributed by atoms with E-state index in [0.717, 1.165) is 24.2 Å². The molecule has 18 heavy (non-hydrogen) atoms. The van der Waals surface area contributed by atoms with Crippen molar-refractivity contribution in [2.75, 3.05) is 0 Å². The monoisotopic (exact) mass is 245 g/mol. The molecule has 0 unspecified atom stereocenters. The van der Waals surface area contributed by atoms with Crippen molar-refractivity contribution in [3.8, 4) is 0 Å². The van der Waals surface area contributed by atoms with Crippen molar-refractivity contribution >= 4 is 17.2 Å². The van der Waals surface area contributed by atoms with Gasteiger partial charge in [0.05, 0.1) is 5.69 Å². The molecule has 2 nitrogen and oxygen atoms in total. The van der Waals surface area contributed by atoms with Gasteiger partial charge >= 0.3 is 0 Å². The van der Waals surface area contributed by atoms with Crippen LogP contribution >= 0.6 is 0 Å². The molecule has 0 bridgehead atoms. The van der Waals surface area contributed by atoms with Gasteiger partial charge in [0.15, 0.2) is 0 Å².